The van der Waals surface area contributed by atoms with E-state index in [1.54, 1.807) is 12.1 Å². The monoisotopic (exact) mass is 702 g/mol. The molecule has 0 radical (unpaired) electrons. The van der Waals surface area contributed by atoms with E-state index < -0.39 is 23.9 Å². The molecule has 1 unspecified atom stereocenters. The number of aromatic carboxylic acids is 1. The summed E-state index contributed by atoms with van der Waals surface area (Å²) in [6, 6.07) is 15.7. The molecule has 4 aromatic rings. The summed E-state index contributed by atoms with van der Waals surface area (Å²) in [6.07, 6.45) is 3.54. The summed E-state index contributed by atoms with van der Waals surface area (Å²) in [5.74, 6) is -1.07. The van der Waals surface area contributed by atoms with Gasteiger partial charge in [-0.15, -0.1) is 11.3 Å². The molecule has 0 saturated heterocycles. The van der Waals surface area contributed by atoms with Crippen LogP contribution < -0.4 is 19.5 Å². The lowest BCUT2D eigenvalue weighted by atomic mass is 9.85. The fraction of sp³-hybridized carbons (Fsp3) is 0.324. The van der Waals surface area contributed by atoms with Gasteiger partial charge >= 0.3 is 11.9 Å². The standard InChI is InChI=1S/C34H37Cl2N3O7S/c1-38(2)13-8-14-46-34(42)31(21-9-6-5-7-10-21)37-18-23-16-25(32(47-23)33(40)41)24(17-26-27(35)19-39(43)20-28(26)36)22-11-12-29(44-3)30(15-22)45-4/h5-7,9-12,15-16,19-20,24,31,37H,8,13-14,17-18H2,1-4H3,(H-,40,41,43)/p+1/t24-,31?/m0/s1. The summed E-state index contributed by atoms with van der Waals surface area (Å²) in [4.78, 5) is 28.7. The van der Waals surface area contributed by atoms with Crippen molar-refractivity contribution in [1.82, 2.24) is 10.2 Å². The molecular weight excluding hydrogens is 665 g/mol. The Morgan fingerprint density at radius 3 is 2.28 bits per heavy atom. The Hall–Kier alpha value is -3.87. The van der Waals surface area contributed by atoms with Gasteiger partial charge in [0.15, 0.2) is 11.5 Å². The van der Waals surface area contributed by atoms with Gasteiger partial charge in [0.25, 0.3) is 0 Å². The number of esters is 1. The molecule has 10 nitrogen and oxygen atoms in total. The van der Waals surface area contributed by atoms with Crippen LogP contribution in [0.5, 0.6) is 11.5 Å². The zero-order valence-electron chi connectivity index (χ0n) is 26.5. The van der Waals surface area contributed by atoms with Gasteiger partial charge < -0.3 is 24.2 Å². The highest BCUT2D eigenvalue weighted by Crippen LogP contribution is 2.41. The number of carboxylic acid groups (broad SMARTS) is 1. The number of pyridine rings is 1. The van der Waals surface area contributed by atoms with E-state index in [1.165, 1.54) is 26.6 Å². The molecule has 0 spiro atoms. The number of carbonyl (C=O) groups is 2. The normalized spacial score (nSPS) is 12.5. The van der Waals surface area contributed by atoms with Crippen molar-refractivity contribution >= 4 is 46.5 Å². The van der Waals surface area contributed by atoms with E-state index in [4.69, 9.17) is 37.4 Å². The van der Waals surface area contributed by atoms with E-state index in [1.807, 2.05) is 61.5 Å². The van der Waals surface area contributed by atoms with Crippen molar-refractivity contribution in [3.05, 3.63) is 109 Å². The molecule has 0 aliphatic heterocycles. The SMILES string of the molecule is COc1ccc([C@H](Cc2c(Cl)c[n+](O)cc2Cl)c2cc(CNC(C(=O)OCCCN(C)C)c3ccccc3)sc2C(=O)O)cc1OC. The van der Waals surface area contributed by atoms with Crippen LogP contribution in [-0.4, -0.2) is 68.6 Å². The topological polar surface area (TPSA) is 121 Å². The zero-order chi connectivity index (χ0) is 34.1. The maximum absolute atomic E-state index is 13.2. The molecule has 2 atom stereocenters. The van der Waals surface area contributed by atoms with Crippen molar-refractivity contribution in [3.8, 4) is 11.5 Å². The second kappa shape index (κ2) is 16.8. The predicted octanol–water partition coefficient (Wildman–Crippen LogP) is 6.00. The van der Waals surface area contributed by atoms with Crippen LogP contribution >= 0.6 is 34.5 Å². The van der Waals surface area contributed by atoms with Gasteiger partial charge in [0.2, 0.25) is 12.4 Å². The number of ether oxygens (including phenoxy) is 3. The van der Waals surface area contributed by atoms with Gasteiger partial charge in [-0.2, -0.15) is 0 Å². The first-order chi connectivity index (χ1) is 22.5. The van der Waals surface area contributed by atoms with Gasteiger partial charge in [0.05, 0.1) is 20.8 Å². The van der Waals surface area contributed by atoms with E-state index in [9.17, 15) is 19.9 Å². The van der Waals surface area contributed by atoms with Crippen molar-refractivity contribution in [2.24, 2.45) is 0 Å². The molecule has 13 heteroatoms. The molecule has 0 aliphatic rings. The van der Waals surface area contributed by atoms with E-state index in [0.717, 1.165) is 33.7 Å². The number of nitrogens with one attached hydrogen (secondary N) is 1. The van der Waals surface area contributed by atoms with Crippen LogP contribution in [0.4, 0.5) is 0 Å². The molecule has 47 heavy (non-hydrogen) atoms. The van der Waals surface area contributed by atoms with Crippen LogP contribution in [0.2, 0.25) is 10.0 Å². The quantitative estimate of drug-likeness (QED) is 0.0559. The first-order valence-electron chi connectivity index (χ1n) is 14.8. The van der Waals surface area contributed by atoms with Crippen LogP contribution in [0.3, 0.4) is 0 Å². The van der Waals surface area contributed by atoms with E-state index in [0.29, 0.717) is 33.9 Å². The fourth-order valence-electron chi connectivity index (χ4n) is 5.21. The molecule has 0 aliphatic carbocycles. The number of carbonyl (C=O) groups excluding carboxylic acids is 1. The average molecular weight is 704 g/mol. The number of halogens is 2. The molecule has 0 saturated carbocycles. The molecule has 2 aromatic carbocycles. The summed E-state index contributed by atoms with van der Waals surface area (Å²) in [6.45, 7) is 1.27. The number of thiophene rings is 1. The lowest BCUT2D eigenvalue weighted by Gasteiger charge is -2.20. The minimum atomic E-state index is -1.10. The fourth-order valence-corrected chi connectivity index (χ4v) is 6.83. The molecule has 0 amide bonds. The molecule has 4 rings (SSSR count). The Kier molecular flexibility index (Phi) is 12.9. The van der Waals surface area contributed by atoms with Gasteiger partial charge in [0.1, 0.15) is 21.0 Å². The van der Waals surface area contributed by atoms with Crippen LogP contribution in [0.25, 0.3) is 0 Å². The number of nitrogens with zero attached hydrogens (tertiary/aromatic N) is 2. The van der Waals surface area contributed by atoms with Crippen LogP contribution in [0, 0.1) is 0 Å². The number of rotatable bonds is 16. The van der Waals surface area contributed by atoms with E-state index >= 15 is 0 Å². The van der Waals surface area contributed by atoms with Crippen LogP contribution in [0.15, 0.2) is 67.0 Å². The molecule has 2 aromatic heterocycles. The molecule has 0 fully saturated rings. The highest BCUT2D eigenvalue weighted by molar-refractivity contribution is 7.14. The molecule has 2 heterocycles. The first-order valence-corrected chi connectivity index (χ1v) is 16.4. The third kappa shape index (κ3) is 9.36. The maximum Gasteiger partial charge on any atom is 0.346 e. The number of methoxy groups -OCH3 is 2. The summed E-state index contributed by atoms with van der Waals surface area (Å²) in [5.41, 5.74) is 2.53. The van der Waals surface area contributed by atoms with Crippen molar-refractivity contribution in [2.75, 3.05) is 41.5 Å². The van der Waals surface area contributed by atoms with Gasteiger partial charge in [0, 0.05) is 34.2 Å². The average Bonchev–Trinajstić information content (AvgIpc) is 3.47. The lowest BCUT2D eigenvalue weighted by Crippen LogP contribution is -2.30. The van der Waals surface area contributed by atoms with Gasteiger partial charge in [-0.05, 0) is 61.8 Å². The van der Waals surface area contributed by atoms with Crippen molar-refractivity contribution in [3.63, 3.8) is 0 Å². The van der Waals surface area contributed by atoms with Gasteiger partial charge in [-0.3, -0.25) is 10.5 Å². The zero-order valence-corrected chi connectivity index (χ0v) is 28.9. The largest absolute Gasteiger partial charge is 0.493 e. The smallest absolute Gasteiger partial charge is 0.346 e. The minimum absolute atomic E-state index is 0.129. The minimum Gasteiger partial charge on any atom is -0.493 e. The molecule has 3 N–H and O–H groups in total. The summed E-state index contributed by atoms with van der Waals surface area (Å²) in [5, 5.41) is 24.0. The third-order valence-corrected chi connectivity index (χ3v) is 9.30. The highest BCUT2D eigenvalue weighted by Gasteiger charge is 2.29. The maximum atomic E-state index is 13.2. The summed E-state index contributed by atoms with van der Waals surface area (Å²) in [7, 11) is 6.97. The molecular formula is C34H38Cl2N3O7S+. The summed E-state index contributed by atoms with van der Waals surface area (Å²) >= 11 is 14.2. The third-order valence-electron chi connectivity index (χ3n) is 7.51. The Labute approximate surface area is 288 Å². The Morgan fingerprint density at radius 1 is 0.979 bits per heavy atom. The van der Waals surface area contributed by atoms with E-state index in [2.05, 4.69) is 5.32 Å². The van der Waals surface area contributed by atoms with Crippen LogP contribution in [0.1, 0.15) is 55.2 Å². The predicted molar refractivity (Wildman–Crippen MR) is 180 cm³/mol. The highest BCUT2D eigenvalue weighted by atomic mass is 35.5. The second-order valence-electron chi connectivity index (χ2n) is 11.0. The van der Waals surface area contributed by atoms with Crippen molar-refractivity contribution < 1.29 is 38.8 Å². The van der Waals surface area contributed by atoms with Gasteiger partial charge in [-0.1, -0.05) is 59.6 Å². The summed E-state index contributed by atoms with van der Waals surface area (Å²) < 4.78 is 17.4. The Morgan fingerprint density at radius 2 is 1.66 bits per heavy atom. The Bertz CT molecular complexity index is 1660. The first kappa shape index (κ1) is 36.0. The van der Waals surface area contributed by atoms with E-state index in [-0.39, 0.29) is 34.5 Å². The molecule has 0 bridgehead atoms. The van der Waals surface area contributed by atoms with Crippen LogP contribution in [-0.2, 0) is 22.5 Å². The number of benzene rings is 2. The van der Waals surface area contributed by atoms with Crippen molar-refractivity contribution in [1.29, 1.82) is 0 Å². The number of carboxylic acids is 1. The lowest BCUT2D eigenvalue weighted by molar-refractivity contribution is -0.904. The number of hydrogen-bond acceptors (Lipinski definition) is 9. The molecule has 250 valence electrons. The van der Waals surface area contributed by atoms with Crippen molar-refractivity contribution in [2.45, 2.75) is 31.3 Å². The second-order valence-corrected chi connectivity index (χ2v) is 13.0. The number of aromatic nitrogens is 1. The van der Waals surface area contributed by atoms with Gasteiger partial charge in [-0.25, -0.2) is 9.59 Å². The Balaban J connectivity index is 1.70. The number of hydrogen-bond donors (Lipinski definition) is 3.